The molecule has 0 aromatic heterocycles. The summed E-state index contributed by atoms with van der Waals surface area (Å²) in [5.74, 6) is 0. The standard InChI is InChI=1S/C6H12N2O3/c1-6(11)2-4(3-6)7-8-5(9)10/h4,7-8,11H,2-3H2,1H3,(H,9,10). The Morgan fingerprint density at radius 1 is 1.64 bits per heavy atom. The van der Waals surface area contributed by atoms with E-state index in [4.69, 9.17) is 5.11 Å². The Balaban J connectivity index is 2.09. The van der Waals surface area contributed by atoms with Crippen LogP contribution in [0.15, 0.2) is 0 Å². The fraction of sp³-hybridized carbons (Fsp3) is 0.833. The van der Waals surface area contributed by atoms with Crippen molar-refractivity contribution in [2.24, 2.45) is 0 Å². The van der Waals surface area contributed by atoms with Crippen molar-refractivity contribution >= 4 is 6.09 Å². The zero-order chi connectivity index (χ0) is 8.48. The molecule has 0 aromatic rings. The molecule has 0 bridgehead atoms. The van der Waals surface area contributed by atoms with Gasteiger partial charge in [0.15, 0.2) is 0 Å². The summed E-state index contributed by atoms with van der Waals surface area (Å²) in [7, 11) is 0. The molecule has 64 valence electrons. The van der Waals surface area contributed by atoms with E-state index in [-0.39, 0.29) is 6.04 Å². The minimum Gasteiger partial charge on any atom is -0.464 e. The zero-order valence-corrected chi connectivity index (χ0v) is 6.29. The Kier molecular flexibility index (Phi) is 2.01. The summed E-state index contributed by atoms with van der Waals surface area (Å²) in [5.41, 5.74) is 3.99. The topological polar surface area (TPSA) is 81.6 Å². The van der Waals surface area contributed by atoms with Gasteiger partial charge in [-0.15, -0.1) is 0 Å². The van der Waals surface area contributed by atoms with Crippen LogP contribution in [0.3, 0.4) is 0 Å². The Bertz CT molecular complexity index is 161. The fourth-order valence-electron chi connectivity index (χ4n) is 1.27. The summed E-state index contributed by atoms with van der Waals surface area (Å²) in [5, 5.41) is 17.4. The van der Waals surface area contributed by atoms with Gasteiger partial charge in [-0.1, -0.05) is 0 Å². The van der Waals surface area contributed by atoms with Gasteiger partial charge in [-0.2, -0.15) is 0 Å². The van der Waals surface area contributed by atoms with Crippen LogP contribution in [-0.4, -0.2) is 27.9 Å². The number of hydrogen-bond donors (Lipinski definition) is 4. The lowest BCUT2D eigenvalue weighted by molar-refractivity contribution is -0.0420. The van der Waals surface area contributed by atoms with Crippen LogP contribution in [0.5, 0.6) is 0 Å². The molecule has 0 spiro atoms. The lowest BCUT2D eigenvalue weighted by Gasteiger charge is -2.40. The van der Waals surface area contributed by atoms with Gasteiger partial charge >= 0.3 is 6.09 Å². The monoisotopic (exact) mass is 160 g/mol. The van der Waals surface area contributed by atoms with E-state index < -0.39 is 11.7 Å². The van der Waals surface area contributed by atoms with Crippen LogP contribution in [0.1, 0.15) is 19.8 Å². The summed E-state index contributed by atoms with van der Waals surface area (Å²) in [6, 6.07) is 0.0705. The number of rotatable bonds is 2. The van der Waals surface area contributed by atoms with Gasteiger partial charge in [0.2, 0.25) is 0 Å². The predicted octanol–water partition coefficient (Wildman–Crippen LogP) is -0.328. The first kappa shape index (κ1) is 8.29. The van der Waals surface area contributed by atoms with Crippen molar-refractivity contribution in [2.75, 3.05) is 0 Å². The molecule has 0 saturated heterocycles. The third kappa shape index (κ3) is 2.36. The molecule has 1 aliphatic rings. The fourth-order valence-corrected chi connectivity index (χ4v) is 1.27. The molecule has 1 saturated carbocycles. The molecule has 1 fully saturated rings. The number of carboxylic acid groups (broad SMARTS) is 1. The minimum absolute atomic E-state index is 0.0705. The van der Waals surface area contributed by atoms with E-state index in [1.807, 2.05) is 5.43 Å². The van der Waals surface area contributed by atoms with Gasteiger partial charge in [0.05, 0.1) is 5.60 Å². The molecule has 11 heavy (non-hydrogen) atoms. The van der Waals surface area contributed by atoms with Crippen LogP contribution in [0.25, 0.3) is 0 Å². The van der Waals surface area contributed by atoms with Crippen molar-refractivity contribution in [1.82, 2.24) is 10.9 Å². The molecule has 4 N–H and O–H groups in total. The highest BCUT2D eigenvalue weighted by molar-refractivity contribution is 5.63. The second-order valence-electron chi connectivity index (χ2n) is 3.18. The van der Waals surface area contributed by atoms with Gasteiger partial charge in [0.25, 0.3) is 0 Å². The summed E-state index contributed by atoms with van der Waals surface area (Å²) in [6.07, 6.45) is 0.0807. The van der Waals surface area contributed by atoms with Crippen molar-refractivity contribution in [3.05, 3.63) is 0 Å². The first-order valence-corrected chi connectivity index (χ1v) is 3.46. The van der Waals surface area contributed by atoms with Gasteiger partial charge in [-0.05, 0) is 19.8 Å². The molecular weight excluding hydrogens is 148 g/mol. The lowest BCUT2D eigenvalue weighted by atomic mass is 9.78. The SMILES string of the molecule is CC1(O)CC(NNC(=O)O)C1. The smallest absolute Gasteiger partial charge is 0.419 e. The zero-order valence-electron chi connectivity index (χ0n) is 6.29. The lowest BCUT2D eigenvalue weighted by Crippen LogP contribution is -2.56. The molecule has 0 aliphatic heterocycles. The van der Waals surface area contributed by atoms with Gasteiger partial charge in [0, 0.05) is 6.04 Å². The maximum Gasteiger partial charge on any atom is 0.419 e. The van der Waals surface area contributed by atoms with E-state index in [2.05, 4.69) is 5.43 Å². The molecule has 0 atom stereocenters. The van der Waals surface area contributed by atoms with E-state index in [1.54, 1.807) is 6.92 Å². The number of hydrazine groups is 1. The molecule has 1 aliphatic carbocycles. The third-order valence-electron chi connectivity index (χ3n) is 1.76. The Morgan fingerprint density at radius 2 is 2.18 bits per heavy atom. The molecule has 0 heterocycles. The van der Waals surface area contributed by atoms with Crippen molar-refractivity contribution in [2.45, 2.75) is 31.4 Å². The second kappa shape index (κ2) is 2.67. The number of nitrogens with one attached hydrogen (secondary N) is 2. The first-order valence-electron chi connectivity index (χ1n) is 3.46. The van der Waals surface area contributed by atoms with Crippen LogP contribution in [-0.2, 0) is 0 Å². The number of hydrogen-bond acceptors (Lipinski definition) is 3. The second-order valence-corrected chi connectivity index (χ2v) is 3.18. The van der Waals surface area contributed by atoms with Gasteiger partial charge in [-0.3, -0.25) is 5.43 Å². The Labute approximate surface area is 64.4 Å². The summed E-state index contributed by atoms with van der Waals surface area (Å²) < 4.78 is 0. The van der Waals surface area contributed by atoms with Gasteiger partial charge < -0.3 is 10.2 Å². The molecule has 1 rings (SSSR count). The van der Waals surface area contributed by atoms with Crippen LogP contribution in [0.4, 0.5) is 4.79 Å². The summed E-state index contributed by atoms with van der Waals surface area (Å²) in [4.78, 5) is 9.97. The largest absolute Gasteiger partial charge is 0.464 e. The number of amides is 1. The van der Waals surface area contributed by atoms with E-state index in [9.17, 15) is 9.90 Å². The van der Waals surface area contributed by atoms with Gasteiger partial charge in [-0.25, -0.2) is 10.2 Å². The molecule has 0 unspecified atom stereocenters. The molecule has 5 heteroatoms. The normalized spacial score (nSPS) is 36.0. The minimum atomic E-state index is -1.10. The molecule has 0 aromatic carbocycles. The van der Waals surface area contributed by atoms with Crippen molar-refractivity contribution in [3.63, 3.8) is 0 Å². The highest BCUT2D eigenvalue weighted by Gasteiger charge is 2.38. The summed E-state index contributed by atoms with van der Waals surface area (Å²) >= 11 is 0. The average Bonchev–Trinajstić information content (AvgIpc) is 1.78. The van der Waals surface area contributed by atoms with Crippen molar-refractivity contribution in [1.29, 1.82) is 0 Å². The van der Waals surface area contributed by atoms with Crippen LogP contribution in [0.2, 0.25) is 0 Å². The van der Waals surface area contributed by atoms with Crippen molar-refractivity contribution in [3.8, 4) is 0 Å². The number of aliphatic hydroxyl groups is 1. The average molecular weight is 160 g/mol. The molecule has 0 radical (unpaired) electrons. The molecule has 1 amide bonds. The Hall–Kier alpha value is -0.810. The molecular formula is C6H12N2O3. The van der Waals surface area contributed by atoms with E-state index in [1.165, 1.54) is 0 Å². The maximum atomic E-state index is 9.97. The third-order valence-corrected chi connectivity index (χ3v) is 1.76. The van der Waals surface area contributed by atoms with E-state index in [0.717, 1.165) is 0 Å². The Morgan fingerprint density at radius 3 is 2.55 bits per heavy atom. The number of carbonyl (C=O) groups is 1. The first-order chi connectivity index (χ1) is 4.99. The quantitative estimate of drug-likeness (QED) is 0.417. The van der Waals surface area contributed by atoms with E-state index >= 15 is 0 Å². The highest BCUT2D eigenvalue weighted by Crippen LogP contribution is 2.30. The van der Waals surface area contributed by atoms with Crippen LogP contribution in [0, 0.1) is 0 Å². The van der Waals surface area contributed by atoms with Crippen LogP contribution < -0.4 is 10.9 Å². The predicted molar refractivity (Wildman–Crippen MR) is 37.9 cm³/mol. The highest BCUT2D eigenvalue weighted by atomic mass is 16.4. The maximum absolute atomic E-state index is 9.97. The van der Waals surface area contributed by atoms with Gasteiger partial charge in [0.1, 0.15) is 0 Å². The van der Waals surface area contributed by atoms with Crippen LogP contribution >= 0.6 is 0 Å². The van der Waals surface area contributed by atoms with Crippen molar-refractivity contribution < 1.29 is 15.0 Å². The summed E-state index contributed by atoms with van der Waals surface area (Å²) in [6.45, 7) is 1.73. The van der Waals surface area contributed by atoms with E-state index in [0.29, 0.717) is 12.8 Å². The molecule has 5 nitrogen and oxygen atoms in total.